The summed E-state index contributed by atoms with van der Waals surface area (Å²) >= 11 is 0. The van der Waals surface area contributed by atoms with Crippen LogP contribution in [0.15, 0.2) is 29.4 Å². The monoisotopic (exact) mass is 195 g/mol. The van der Waals surface area contributed by atoms with Gasteiger partial charge in [-0.15, -0.1) is 0 Å². The molecule has 0 aliphatic heterocycles. The number of nitrogens with two attached hydrogens (primary N) is 1. The maximum atomic E-state index is 12.5. The number of carbonyl (C=O) groups excluding carboxylic acids is 1. The van der Waals surface area contributed by atoms with Crippen LogP contribution in [-0.4, -0.2) is 12.1 Å². The fraction of sp³-hybridized carbons (Fsp3) is 0.111. The summed E-state index contributed by atoms with van der Waals surface area (Å²) in [4.78, 5) is 10.2. The number of carbonyl (C=O) groups is 1. The Labute approximate surface area is 80.6 Å². The van der Waals surface area contributed by atoms with Gasteiger partial charge < -0.3 is 11.2 Å². The molecule has 1 aromatic carbocycles. The zero-order valence-electron chi connectivity index (χ0n) is 7.40. The van der Waals surface area contributed by atoms with Crippen molar-refractivity contribution >= 4 is 12.1 Å². The second-order valence-electron chi connectivity index (χ2n) is 2.62. The Morgan fingerprint density at radius 3 is 2.71 bits per heavy atom. The molecule has 0 fully saturated rings. The van der Waals surface area contributed by atoms with E-state index < -0.39 is 5.91 Å². The third kappa shape index (κ3) is 3.66. The van der Waals surface area contributed by atoms with Gasteiger partial charge in [-0.3, -0.25) is 4.79 Å². The lowest BCUT2D eigenvalue weighted by molar-refractivity contribution is -0.111. The van der Waals surface area contributed by atoms with E-state index in [1.165, 1.54) is 12.1 Å². The molecular weight excluding hydrogens is 185 g/mol. The van der Waals surface area contributed by atoms with Crippen molar-refractivity contribution in [1.29, 1.82) is 0 Å². The third-order valence-electron chi connectivity index (χ3n) is 1.48. The first-order chi connectivity index (χ1) is 6.68. The van der Waals surface area contributed by atoms with Crippen LogP contribution in [0.3, 0.4) is 0 Å². The quantitative estimate of drug-likeness (QED) is 0.539. The predicted molar refractivity (Wildman–Crippen MR) is 50.9 cm³/mol. The highest BCUT2D eigenvalue weighted by atomic mass is 19.1. The van der Waals surface area contributed by atoms with Crippen molar-refractivity contribution in [3.05, 3.63) is 35.6 Å². The number of hydrogen-bond donors (Lipinski definition) is 2. The Morgan fingerprint density at radius 2 is 2.14 bits per heavy atom. The minimum atomic E-state index is -0.614. The lowest BCUT2D eigenvalue weighted by Gasteiger charge is -1.99. The average Bonchev–Trinajstić information content (AvgIpc) is 2.15. The largest absolute Gasteiger partial charge is 0.365 e. The number of amides is 1. The molecule has 0 bridgehead atoms. The summed E-state index contributed by atoms with van der Waals surface area (Å²) in [6.45, 7) is 0.421. The first kappa shape index (κ1) is 10.2. The molecule has 74 valence electrons. The van der Waals surface area contributed by atoms with Gasteiger partial charge in [-0.25, -0.2) is 4.39 Å². The Hall–Kier alpha value is -1.91. The van der Waals surface area contributed by atoms with Crippen LogP contribution < -0.4 is 11.2 Å². The average molecular weight is 195 g/mol. The van der Waals surface area contributed by atoms with Crippen LogP contribution in [0.5, 0.6) is 0 Å². The first-order valence-corrected chi connectivity index (χ1v) is 3.98. The van der Waals surface area contributed by atoms with E-state index in [9.17, 15) is 9.18 Å². The van der Waals surface area contributed by atoms with E-state index in [4.69, 9.17) is 5.73 Å². The van der Waals surface area contributed by atoms with Crippen LogP contribution in [0.1, 0.15) is 5.56 Å². The Morgan fingerprint density at radius 1 is 1.50 bits per heavy atom. The smallest absolute Gasteiger partial charge is 0.261 e. The van der Waals surface area contributed by atoms with Gasteiger partial charge in [0.05, 0.1) is 6.54 Å². The molecule has 0 unspecified atom stereocenters. The van der Waals surface area contributed by atoms with Crippen molar-refractivity contribution in [2.45, 2.75) is 6.54 Å². The summed E-state index contributed by atoms with van der Waals surface area (Å²) in [6.07, 6.45) is 0.976. The maximum Gasteiger partial charge on any atom is 0.261 e. The molecule has 4 nitrogen and oxygen atoms in total. The lowest BCUT2D eigenvalue weighted by Crippen LogP contribution is -2.15. The molecule has 0 aromatic heterocycles. The van der Waals surface area contributed by atoms with E-state index >= 15 is 0 Å². The minimum Gasteiger partial charge on any atom is -0.365 e. The zero-order chi connectivity index (χ0) is 10.4. The topological polar surface area (TPSA) is 67.5 Å². The molecule has 0 radical (unpaired) electrons. The van der Waals surface area contributed by atoms with Gasteiger partial charge in [0.1, 0.15) is 12.0 Å². The third-order valence-corrected chi connectivity index (χ3v) is 1.48. The highest BCUT2D eigenvalue weighted by Gasteiger charge is 1.91. The van der Waals surface area contributed by atoms with Gasteiger partial charge in [-0.1, -0.05) is 12.1 Å². The van der Waals surface area contributed by atoms with Crippen LogP contribution >= 0.6 is 0 Å². The van der Waals surface area contributed by atoms with Gasteiger partial charge in [-0.2, -0.15) is 5.10 Å². The Kier molecular flexibility index (Phi) is 3.60. The van der Waals surface area contributed by atoms with Gasteiger partial charge in [0, 0.05) is 0 Å². The number of hydrogen-bond acceptors (Lipinski definition) is 3. The highest BCUT2D eigenvalue weighted by molar-refractivity contribution is 6.25. The Balaban J connectivity index is 2.39. The molecule has 0 saturated carbocycles. The molecule has 1 amide bonds. The highest BCUT2D eigenvalue weighted by Crippen LogP contribution is 2.01. The molecule has 0 atom stereocenters. The molecule has 0 aliphatic rings. The van der Waals surface area contributed by atoms with Gasteiger partial charge >= 0.3 is 0 Å². The molecule has 1 aromatic rings. The first-order valence-electron chi connectivity index (χ1n) is 3.98. The molecule has 3 N–H and O–H groups in total. The summed E-state index contributed by atoms with van der Waals surface area (Å²) in [5.74, 6) is -0.897. The van der Waals surface area contributed by atoms with Crippen molar-refractivity contribution in [3.63, 3.8) is 0 Å². The molecule has 5 heteroatoms. The van der Waals surface area contributed by atoms with Crippen LogP contribution in [0, 0.1) is 5.82 Å². The van der Waals surface area contributed by atoms with Crippen molar-refractivity contribution in [3.8, 4) is 0 Å². The molecule has 0 aliphatic carbocycles. The lowest BCUT2D eigenvalue weighted by atomic mass is 10.2. The van der Waals surface area contributed by atoms with Gasteiger partial charge in [-0.05, 0) is 17.7 Å². The molecule has 14 heavy (non-hydrogen) atoms. The maximum absolute atomic E-state index is 12.5. The summed E-state index contributed by atoms with van der Waals surface area (Å²) in [6, 6.07) is 5.97. The van der Waals surface area contributed by atoms with E-state index in [0.717, 1.165) is 11.8 Å². The van der Waals surface area contributed by atoms with Crippen molar-refractivity contribution < 1.29 is 9.18 Å². The van der Waals surface area contributed by atoms with Crippen molar-refractivity contribution in [2.75, 3.05) is 0 Å². The molecular formula is C9H10FN3O. The fourth-order valence-corrected chi connectivity index (χ4v) is 0.848. The predicted octanol–water partition coefficient (Wildman–Crippen LogP) is 0.386. The van der Waals surface area contributed by atoms with Gasteiger partial charge in [0.25, 0.3) is 5.91 Å². The number of hydrazone groups is 1. The summed E-state index contributed by atoms with van der Waals surface area (Å²) in [5.41, 5.74) is 8.28. The van der Waals surface area contributed by atoms with Crippen LogP contribution in [0.25, 0.3) is 0 Å². The SMILES string of the molecule is NC(=O)/C=N\NCc1ccc(F)cc1. The molecule has 0 saturated heterocycles. The number of halogens is 1. The minimum absolute atomic E-state index is 0.283. The van der Waals surface area contributed by atoms with E-state index in [1.54, 1.807) is 12.1 Å². The fourth-order valence-electron chi connectivity index (χ4n) is 0.848. The van der Waals surface area contributed by atoms with Crippen molar-refractivity contribution in [1.82, 2.24) is 5.43 Å². The number of nitrogens with zero attached hydrogens (tertiary/aromatic N) is 1. The zero-order valence-corrected chi connectivity index (χ0v) is 7.40. The van der Waals surface area contributed by atoms with Crippen LogP contribution in [0.2, 0.25) is 0 Å². The van der Waals surface area contributed by atoms with Gasteiger partial charge in [0.2, 0.25) is 0 Å². The normalized spacial score (nSPS) is 10.4. The number of benzene rings is 1. The van der Waals surface area contributed by atoms with E-state index in [-0.39, 0.29) is 5.82 Å². The molecule has 0 heterocycles. The van der Waals surface area contributed by atoms with Crippen molar-refractivity contribution in [2.24, 2.45) is 10.8 Å². The summed E-state index contributed by atoms with van der Waals surface area (Å²) in [7, 11) is 0. The van der Waals surface area contributed by atoms with Gasteiger partial charge in [0.15, 0.2) is 0 Å². The molecule has 0 spiro atoms. The van der Waals surface area contributed by atoms with E-state index in [1.807, 2.05) is 0 Å². The number of primary amides is 1. The second kappa shape index (κ2) is 4.96. The van der Waals surface area contributed by atoms with Crippen LogP contribution in [-0.2, 0) is 11.3 Å². The summed E-state index contributed by atoms with van der Waals surface area (Å²) in [5, 5.41) is 3.55. The van der Waals surface area contributed by atoms with E-state index in [0.29, 0.717) is 6.54 Å². The van der Waals surface area contributed by atoms with Crippen LogP contribution in [0.4, 0.5) is 4.39 Å². The second-order valence-corrected chi connectivity index (χ2v) is 2.62. The van der Waals surface area contributed by atoms with E-state index in [2.05, 4.69) is 10.5 Å². The summed E-state index contributed by atoms with van der Waals surface area (Å²) < 4.78 is 12.5. The standard InChI is InChI=1S/C9H10FN3O/c10-8-3-1-7(2-4-8)5-12-13-6-9(11)14/h1-4,6,12H,5H2,(H2,11,14)/b13-6-. The number of rotatable bonds is 4. The Bertz CT molecular complexity index is 334. The molecule has 1 rings (SSSR count). The number of nitrogens with one attached hydrogen (secondary N) is 1.